The van der Waals surface area contributed by atoms with Crippen molar-refractivity contribution in [3.05, 3.63) is 29.4 Å². The molecule has 4 aliphatic heterocycles. The average molecular weight is 1650 g/mol. The minimum Gasteiger partial charge on any atom is -0.443 e. The van der Waals surface area contributed by atoms with Gasteiger partial charge in [0.05, 0.1) is 52.9 Å². The van der Waals surface area contributed by atoms with E-state index < -0.39 is 74.2 Å². The summed E-state index contributed by atoms with van der Waals surface area (Å²) in [4.78, 5) is 69.8. The number of morpholine rings is 4. The molecule has 4 aliphatic carbocycles. The molecular weight excluding hydrogens is 1540 g/mol. The van der Waals surface area contributed by atoms with Crippen LogP contribution >= 0.6 is 46.9 Å². The van der Waals surface area contributed by atoms with Crippen molar-refractivity contribution in [2.75, 3.05) is 165 Å². The number of anilines is 7. The van der Waals surface area contributed by atoms with Gasteiger partial charge in [-0.05, 0) is 112 Å². The number of carbonyl (C=O) groups excluding carboxylic acids is 2. The van der Waals surface area contributed by atoms with E-state index >= 15 is 0 Å². The Morgan fingerprint density at radius 3 is 1.15 bits per heavy atom. The van der Waals surface area contributed by atoms with Crippen LogP contribution in [0.3, 0.4) is 0 Å². The predicted molar refractivity (Wildman–Crippen MR) is 408 cm³/mol. The molecule has 0 unspecified atom stereocenters. The van der Waals surface area contributed by atoms with Crippen molar-refractivity contribution in [1.82, 2.24) is 45.2 Å². The van der Waals surface area contributed by atoms with Crippen molar-refractivity contribution in [2.24, 2.45) is 0 Å². The summed E-state index contributed by atoms with van der Waals surface area (Å²) in [6.45, 7) is 21.7. The highest BCUT2D eigenvalue weighted by Gasteiger charge is 2.44. The summed E-state index contributed by atoms with van der Waals surface area (Å²) in [5.74, 6) is -6.86. The quantitative estimate of drug-likeness (QED) is 0.0431. The van der Waals surface area contributed by atoms with Crippen molar-refractivity contribution in [3.8, 4) is 0 Å². The van der Waals surface area contributed by atoms with Gasteiger partial charge in [0.15, 0.2) is 15.5 Å². The summed E-state index contributed by atoms with van der Waals surface area (Å²) in [6, 6.07) is 5.87. The fourth-order valence-electron chi connectivity index (χ4n) is 12.7. The van der Waals surface area contributed by atoms with Gasteiger partial charge in [0.1, 0.15) is 57.1 Å². The van der Waals surface area contributed by atoms with Gasteiger partial charge in [-0.25, -0.2) is 93.0 Å². The van der Waals surface area contributed by atoms with Gasteiger partial charge < -0.3 is 59.1 Å². The molecule has 26 nitrogen and oxygen atoms in total. The molecule has 0 aromatic carbocycles. The highest BCUT2D eigenvalue weighted by atomic mass is 35.5. The van der Waals surface area contributed by atoms with E-state index in [2.05, 4.69) is 65.6 Å². The molecule has 0 spiro atoms. The number of hydrogen-bond acceptors (Lipinski definition) is 27. The monoisotopic (exact) mass is 1640 g/mol. The van der Waals surface area contributed by atoms with E-state index in [9.17, 15) is 53.1 Å². The predicted octanol–water partition coefficient (Wildman–Crippen LogP) is 13.9. The van der Waals surface area contributed by atoms with Crippen molar-refractivity contribution >= 4 is 110 Å². The second-order valence-electron chi connectivity index (χ2n) is 29.5. The van der Waals surface area contributed by atoms with E-state index in [1.165, 1.54) is 51.2 Å². The van der Waals surface area contributed by atoms with Crippen LogP contribution in [-0.2, 0) is 38.3 Å². The zero-order chi connectivity index (χ0) is 79.4. The number of aromatic nitrogens is 8. The van der Waals surface area contributed by atoms with Gasteiger partial charge in [0.25, 0.3) is 5.16 Å². The summed E-state index contributed by atoms with van der Waals surface area (Å²) in [6.07, 6.45) is 6.08. The van der Waals surface area contributed by atoms with Crippen LogP contribution in [0.4, 0.5) is 85.4 Å². The summed E-state index contributed by atoms with van der Waals surface area (Å²) in [7, 11) is -3.81. The largest absolute Gasteiger partial charge is 0.443 e. The van der Waals surface area contributed by atoms with Crippen LogP contribution in [0.2, 0.25) is 5.15 Å². The van der Waals surface area contributed by atoms with Crippen LogP contribution in [0, 0.1) is 0 Å². The average Bonchev–Trinajstić information content (AvgIpc) is 0.785. The van der Waals surface area contributed by atoms with Gasteiger partial charge in [0, 0.05) is 158 Å². The minimum atomic E-state index is -3.81. The molecule has 4 aromatic rings. The number of alkyl halides is 8. The van der Waals surface area contributed by atoms with Gasteiger partial charge in [-0.3, -0.25) is 9.80 Å². The van der Waals surface area contributed by atoms with Crippen LogP contribution in [-0.4, -0.2) is 250 Å². The topological polar surface area (TPSA) is 279 Å². The SMILES string of the molecule is C1COCCN1.CC(C)(C)OC(=O)N(c1cc(N2CCOCC2)nc(S(C)(=O)=O)n1)C1CCC(F)(F)CC1.CSc1nc(Cl)cc(NC2CCC(F)(F)CC2)n1.CSc1nc(N2CCOCC2)cc(N(C(=O)OC(C)(C)C)C2CCC(F)(F)CC2)n1.CSc1nc(NC2CCC(F)(F)CC2)cc(N2CCOCC2)n1. The lowest BCUT2D eigenvalue weighted by Crippen LogP contribution is -2.47. The van der Waals surface area contributed by atoms with Crippen molar-refractivity contribution in [2.45, 2.75) is 224 Å². The number of nitrogens with zero attached hydrogens (tertiary/aromatic N) is 13. The van der Waals surface area contributed by atoms with Gasteiger partial charge in [0.2, 0.25) is 33.5 Å². The number of sulfone groups is 1. The Labute approximate surface area is 651 Å². The van der Waals surface area contributed by atoms with Crippen LogP contribution < -0.4 is 40.4 Å². The first-order chi connectivity index (χ1) is 51.4. The lowest BCUT2D eigenvalue weighted by Gasteiger charge is -2.37. The van der Waals surface area contributed by atoms with Gasteiger partial charge in [-0.15, -0.1) is 0 Å². The molecule has 39 heteroatoms. The Morgan fingerprint density at radius 2 is 0.807 bits per heavy atom. The number of halogens is 9. The molecule has 2 amide bonds. The smallest absolute Gasteiger partial charge is 0.416 e. The fraction of sp³-hybridized carbons (Fsp3) is 0.743. The molecular formula is C70H105ClF8N16O10S4. The molecule has 4 saturated heterocycles. The van der Waals surface area contributed by atoms with Gasteiger partial charge in [-0.2, -0.15) is 0 Å². The Bertz CT molecular complexity index is 3630. The van der Waals surface area contributed by atoms with Crippen molar-refractivity contribution < 1.29 is 81.6 Å². The number of hydrogen-bond donors (Lipinski definition) is 3. The maximum absolute atomic E-state index is 13.8. The van der Waals surface area contributed by atoms with Crippen LogP contribution in [0.25, 0.3) is 0 Å². The summed E-state index contributed by atoms with van der Waals surface area (Å²) in [5, 5.41) is 11.3. The lowest BCUT2D eigenvalue weighted by atomic mass is 9.91. The molecule has 12 rings (SSSR count). The third-order valence-corrected chi connectivity index (χ3v) is 21.1. The number of ether oxygens (including phenoxy) is 6. The van der Waals surface area contributed by atoms with E-state index in [-0.39, 0.29) is 95.0 Å². The highest BCUT2D eigenvalue weighted by Crippen LogP contribution is 2.41. The Morgan fingerprint density at radius 1 is 0.486 bits per heavy atom. The molecule has 0 radical (unpaired) electrons. The van der Waals surface area contributed by atoms with Crippen LogP contribution in [0.5, 0.6) is 0 Å². The summed E-state index contributed by atoms with van der Waals surface area (Å²) >= 11 is 10.1. The van der Waals surface area contributed by atoms with Crippen LogP contribution in [0.1, 0.15) is 144 Å². The third kappa shape index (κ3) is 29.7. The summed E-state index contributed by atoms with van der Waals surface area (Å²) in [5.41, 5.74) is -1.55. The number of amides is 2. The third-order valence-electron chi connectivity index (χ3n) is 18.4. The van der Waals surface area contributed by atoms with Gasteiger partial charge in [-0.1, -0.05) is 46.9 Å². The maximum Gasteiger partial charge on any atom is 0.416 e. The molecule has 4 aromatic heterocycles. The molecule has 3 N–H and O–H groups in total. The second-order valence-corrected chi connectivity index (χ2v) is 34.1. The molecule has 0 atom stereocenters. The first-order valence-corrected chi connectivity index (χ1v) is 42.7. The summed E-state index contributed by atoms with van der Waals surface area (Å²) < 4.78 is 165. The van der Waals surface area contributed by atoms with Crippen molar-refractivity contribution in [1.29, 1.82) is 0 Å². The molecule has 8 aliphatic rings. The molecule has 4 saturated carbocycles. The lowest BCUT2D eigenvalue weighted by molar-refractivity contribution is -0.0392. The fourth-order valence-corrected chi connectivity index (χ4v) is 14.5. The molecule has 8 fully saturated rings. The molecule has 109 heavy (non-hydrogen) atoms. The number of thioether (sulfide) groups is 3. The van der Waals surface area contributed by atoms with E-state index in [0.29, 0.717) is 135 Å². The van der Waals surface area contributed by atoms with E-state index in [1.54, 1.807) is 53.7 Å². The maximum atomic E-state index is 13.8. The van der Waals surface area contributed by atoms with Crippen molar-refractivity contribution in [3.63, 3.8) is 0 Å². The highest BCUT2D eigenvalue weighted by molar-refractivity contribution is 7.98. The van der Waals surface area contributed by atoms with E-state index in [0.717, 1.165) is 57.3 Å². The van der Waals surface area contributed by atoms with Gasteiger partial charge >= 0.3 is 12.2 Å². The number of nitrogens with one attached hydrogen (secondary N) is 3. The van der Waals surface area contributed by atoms with Crippen LogP contribution in [0.15, 0.2) is 44.9 Å². The van der Waals surface area contributed by atoms with E-state index in [1.807, 2.05) is 29.7 Å². The molecule has 8 heterocycles. The molecule has 0 bridgehead atoms. The Balaban J connectivity index is 0.000000181. The second kappa shape index (κ2) is 40.4. The first kappa shape index (κ1) is 88.9. The normalized spacial score (nSPS) is 20.7. The standard InChI is InChI=1S/C20H30F2N4O5S.C20H30F2N4O3S.C15H22F2N4OS.C11H14ClF2N3S.C4H9NO/c1-19(2,3)31-18(27)26(14-5-7-20(21,22)8-6-14)16-13-15(25-9-11-30-12-10-25)23-17(24-16)32(4,28)29;1-19(2,3)29-18(27)26(14-5-7-20(21,22)8-6-14)16-13-15(23-17(24-16)30-4)25-9-11-28-12-10-25;1-23-14-19-12(18-11-2-4-15(16,17)5-3-11)10-13(20-14)21-6-8-22-9-7-21;1-18-10-16-8(12)6-9(17-10)15-7-2-4-11(13,14)5-3-7;1-3-6-4-2-5-1/h13-14H,5-12H2,1-4H3;13-14H,5-12H2,1-4H3;10-11H,2-9H2,1H3,(H,18,19,20);6-7H,2-5H2,1H3,(H,15,16,17);5H,1-4H2. The first-order valence-electron chi connectivity index (χ1n) is 36.8. The zero-order valence-corrected chi connectivity index (χ0v) is 67.7. The Kier molecular flexibility index (Phi) is 33.0. The number of rotatable bonds is 15. The molecule has 612 valence electrons. The van der Waals surface area contributed by atoms with E-state index in [4.69, 9.17) is 40.0 Å². The zero-order valence-electron chi connectivity index (χ0n) is 63.7. The Hall–Kier alpha value is -5.61. The number of carbonyl (C=O) groups is 2. The minimum absolute atomic E-state index is 0.0198.